The van der Waals surface area contributed by atoms with Crippen molar-refractivity contribution in [3.8, 4) is 0 Å². The standard InChI is InChI=1S/C18H21F2N3O/c1-11(2)7-14-9-17(22-21-14)18(24)23(15-5-6-15)10-12-3-4-13(19)8-16(12)20/h3-4,8-9,11,15H,5-7,10H2,1-2H3,(H,21,22). The summed E-state index contributed by atoms with van der Waals surface area (Å²) in [5.74, 6) is -1.00. The monoisotopic (exact) mass is 333 g/mol. The van der Waals surface area contributed by atoms with E-state index in [-0.39, 0.29) is 18.5 Å². The van der Waals surface area contributed by atoms with Gasteiger partial charge in [-0.05, 0) is 37.3 Å². The lowest BCUT2D eigenvalue weighted by Gasteiger charge is -2.21. The summed E-state index contributed by atoms with van der Waals surface area (Å²) in [7, 11) is 0. The van der Waals surface area contributed by atoms with Crippen LogP contribution in [0.4, 0.5) is 8.78 Å². The Hall–Kier alpha value is -2.24. The zero-order chi connectivity index (χ0) is 17.3. The van der Waals surface area contributed by atoms with Crippen molar-refractivity contribution in [3.05, 3.63) is 52.9 Å². The van der Waals surface area contributed by atoms with E-state index in [1.165, 1.54) is 12.1 Å². The Balaban J connectivity index is 1.78. The predicted molar refractivity (Wildman–Crippen MR) is 86.4 cm³/mol. The van der Waals surface area contributed by atoms with Crippen molar-refractivity contribution >= 4 is 5.91 Å². The van der Waals surface area contributed by atoms with Gasteiger partial charge < -0.3 is 4.90 Å². The van der Waals surface area contributed by atoms with Gasteiger partial charge in [-0.3, -0.25) is 9.89 Å². The average molecular weight is 333 g/mol. The second-order valence-electron chi connectivity index (χ2n) is 6.78. The maximum absolute atomic E-state index is 13.9. The highest BCUT2D eigenvalue weighted by molar-refractivity contribution is 5.92. The number of nitrogens with one attached hydrogen (secondary N) is 1. The lowest BCUT2D eigenvalue weighted by atomic mass is 10.1. The summed E-state index contributed by atoms with van der Waals surface area (Å²) in [6, 6.07) is 5.32. The van der Waals surface area contributed by atoms with Gasteiger partial charge in [0.25, 0.3) is 5.91 Å². The molecule has 0 saturated heterocycles. The van der Waals surface area contributed by atoms with Gasteiger partial charge in [0.05, 0.1) is 0 Å². The maximum atomic E-state index is 13.9. The number of aromatic amines is 1. The molecule has 0 unspecified atom stereocenters. The number of carbonyl (C=O) groups excluding carboxylic acids is 1. The minimum Gasteiger partial charge on any atom is -0.330 e. The fourth-order valence-corrected chi connectivity index (χ4v) is 2.75. The number of benzene rings is 1. The molecule has 1 aromatic carbocycles. The molecular weight excluding hydrogens is 312 g/mol. The summed E-state index contributed by atoms with van der Waals surface area (Å²) in [5.41, 5.74) is 1.58. The first-order chi connectivity index (χ1) is 11.4. The smallest absolute Gasteiger partial charge is 0.274 e. The van der Waals surface area contributed by atoms with Gasteiger partial charge in [0.15, 0.2) is 0 Å². The number of H-pyrrole nitrogens is 1. The normalized spacial score (nSPS) is 14.2. The Morgan fingerprint density at radius 1 is 1.33 bits per heavy atom. The van der Waals surface area contributed by atoms with Crippen LogP contribution < -0.4 is 0 Å². The first-order valence-corrected chi connectivity index (χ1v) is 8.23. The number of halogens is 2. The Kier molecular flexibility index (Phi) is 4.64. The highest BCUT2D eigenvalue weighted by atomic mass is 19.1. The molecule has 1 aliphatic carbocycles. The molecule has 1 fully saturated rings. The number of rotatable bonds is 6. The second-order valence-corrected chi connectivity index (χ2v) is 6.78. The zero-order valence-corrected chi connectivity index (χ0v) is 13.9. The van der Waals surface area contributed by atoms with Crippen molar-refractivity contribution in [1.82, 2.24) is 15.1 Å². The van der Waals surface area contributed by atoms with Gasteiger partial charge in [0.1, 0.15) is 17.3 Å². The average Bonchev–Trinajstić information content (AvgIpc) is 3.25. The van der Waals surface area contributed by atoms with E-state index in [0.29, 0.717) is 17.2 Å². The van der Waals surface area contributed by atoms with Crippen molar-refractivity contribution in [2.24, 2.45) is 5.92 Å². The highest BCUT2D eigenvalue weighted by Gasteiger charge is 2.34. The van der Waals surface area contributed by atoms with E-state index in [2.05, 4.69) is 24.0 Å². The van der Waals surface area contributed by atoms with Crippen molar-refractivity contribution in [2.75, 3.05) is 0 Å². The molecule has 4 nitrogen and oxygen atoms in total. The topological polar surface area (TPSA) is 49.0 Å². The van der Waals surface area contributed by atoms with Crippen LogP contribution in [0.5, 0.6) is 0 Å². The molecule has 6 heteroatoms. The summed E-state index contributed by atoms with van der Waals surface area (Å²) in [4.78, 5) is 14.4. The molecule has 0 spiro atoms. The van der Waals surface area contributed by atoms with Gasteiger partial charge in [-0.2, -0.15) is 5.10 Å². The third kappa shape index (κ3) is 3.80. The third-order valence-corrected chi connectivity index (χ3v) is 4.08. The van der Waals surface area contributed by atoms with E-state index in [9.17, 15) is 13.6 Å². The van der Waals surface area contributed by atoms with Crippen molar-refractivity contribution in [2.45, 2.75) is 45.7 Å². The van der Waals surface area contributed by atoms with Gasteiger partial charge in [0, 0.05) is 29.9 Å². The number of hydrogen-bond donors (Lipinski definition) is 1. The summed E-state index contributed by atoms with van der Waals surface area (Å²) >= 11 is 0. The van der Waals surface area contributed by atoms with E-state index < -0.39 is 11.6 Å². The quantitative estimate of drug-likeness (QED) is 0.876. The van der Waals surface area contributed by atoms with Crippen molar-refractivity contribution in [3.63, 3.8) is 0 Å². The number of amides is 1. The van der Waals surface area contributed by atoms with Crippen LogP contribution in [0.25, 0.3) is 0 Å². The zero-order valence-electron chi connectivity index (χ0n) is 13.9. The van der Waals surface area contributed by atoms with E-state index >= 15 is 0 Å². The molecule has 128 valence electrons. The van der Waals surface area contributed by atoms with E-state index in [4.69, 9.17) is 0 Å². The maximum Gasteiger partial charge on any atom is 0.274 e. The van der Waals surface area contributed by atoms with E-state index in [0.717, 1.165) is 31.0 Å². The third-order valence-electron chi connectivity index (χ3n) is 4.08. The van der Waals surface area contributed by atoms with E-state index in [1.807, 2.05) is 0 Å². The summed E-state index contributed by atoms with van der Waals surface area (Å²) in [6.07, 6.45) is 2.62. The molecule has 0 bridgehead atoms. The van der Waals surface area contributed by atoms with Gasteiger partial charge >= 0.3 is 0 Å². The van der Waals surface area contributed by atoms with Gasteiger partial charge in [-0.25, -0.2) is 8.78 Å². The van der Waals surface area contributed by atoms with Crippen LogP contribution in [0.15, 0.2) is 24.3 Å². The Morgan fingerprint density at radius 2 is 2.08 bits per heavy atom. The molecule has 24 heavy (non-hydrogen) atoms. The Bertz CT molecular complexity index is 738. The minimum absolute atomic E-state index is 0.104. The molecule has 1 aliphatic rings. The minimum atomic E-state index is -0.629. The van der Waals surface area contributed by atoms with E-state index in [1.54, 1.807) is 11.0 Å². The van der Waals surface area contributed by atoms with Crippen LogP contribution in [-0.4, -0.2) is 27.0 Å². The van der Waals surface area contributed by atoms with Crippen LogP contribution in [0.3, 0.4) is 0 Å². The number of aromatic nitrogens is 2. The molecule has 0 radical (unpaired) electrons. The van der Waals surface area contributed by atoms with Crippen molar-refractivity contribution < 1.29 is 13.6 Å². The van der Waals surface area contributed by atoms with Crippen LogP contribution in [0, 0.1) is 17.6 Å². The lowest BCUT2D eigenvalue weighted by molar-refractivity contribution is 0.0722. The number of hydrogen-bond acceptors (Lipinski definition) is 2. The Labute approximate surface area is 139 Å². The van der Waals surface area contributed by atoms with Crippen molar-refractivity contribution in [1.29, 1.82) is 0 Å². The summed E-state index contributed by atoms with van der Waals surface area (Å²) in [5, 5.41) is 7.00. The summed E-state index contributed by atoms with van der Waals surface area (Å²) in [6.45, 7) is 4.31. The molecule has 1 heterocycles. The Morgan fingerprint density at radius 3 is 2.71 bits per heavy atom. The molecule has 1 aromatic heterocycles. The number of nitrogens with zero attached hydrogens (tertiary/aromatic N) is 2. The second kappa shape index (κ2) is 6.71. The van der Waals surface area contributed by atoms with Crippen LogP contribution >= 0.6 is 0 Å². The van der Waals surface area contributed by atoms with Gasteiger partial charge in [-0.1, -0.05) is 19.9 Å². The highest BCUT2D eigenvalue weighted by Crippen LogP contribution is 2.30. The van der Waals surface area contributed by atoms with Crippen LogP contribution in [-0.2, 0) is 13.0 Å². The summed E-state index contributed by atoms with van der Waals surface area (Å²) < 4.78 is 27.0. The fraction of sp³-hybridized carbons (Fsp3) is 0.444. The fourth-order valence-electron chi connectivity index (χ4n) is 2.75. The van der Waals surface area contributed by atoms with Gasteiger partial charge in [0.2, 0.25) is 0 Å². The molecular formula is C18H21F2N3O. The first-order valence-electron chi connectivity index (χ1n) is 8.23. The first kappa shape index (κ1) is 16.6. The lowest BCUT2D eigenvalue weighted by Crippen LogP contribution is -2.33. The molecule has 0 atom stereocenters. The predicted octanol–water partition coefficient (Wildman–Crippen LogP) is 3.69. The van der Waals surface area contributed by atoms with Gasteiger partial charge in [-0.15, -0.1) is 0 Å². The molecule has 1 N–H and O–H groups in total. The molecule has 1 amide bonds. The SMILES string of the molecule is CC(C)Cc1cc(C(=O)N(Cc2ccc(F)cc2F)C2CC2)n[nH]1. The molecule has 1 saturated carbocycles. The largest absolute Gasteiger partial charge is 0.330 e. The molecule has 3 rings (SSSR count). The van der Waals surface area contributed by atoms with Crippen LogP contribution in [0.1, 0.15) is 48.4 Å². The van der Waals surface area contributed by atoms with Crippen LogP contribution in [0.2, 0.25) is 0 Å². The molecule has 0 aliphatic heterocycles. The molecule has 2 aromatic rings. The number of carbonyl (C=O) groups is 1.